The summed E-state index contributed by atoms with van der Waals surface area (Å²) in [5.74, 6) is 0.248. The lowest BCUT2D eigenvalue weighted by molar-refractivity contribution is -0.133. The number of carbonyl (C=O) groups is 1. The molecule has 7 heteroatoms. The molecule has 0 spiro atoms. The largest absolute Gasteiger partial charge is 0.333 e. The Balaban J connectivity index is 1.59. The van der Waals surface area contributed by atoms with Crippen LogP contribution in [0.15, 0.2) is 53.3 Å². The molecule has 0 N–H and O–H groups in total. The molecule has 1 fully saturated rings. The number of rotatable bonds is 15. The van der Waals surface area contributed by atoms with Crippen LogP contribution in [0.2, 0.25) is 0 Å². The minimum atomic E-state index is -0.421. The molecule has 1 aliphatic rings. The summed E-state index contributed by atoms with van der Waals surface area (Å²) < 4.78 is 15.4. The van der Waals surface area contributed by atoms with E-state index >= 15 is 0 Å². The summed E-state index contributed by atoms with van der Waals surface area (Å²) in [6.07, 6.45) is 13.2. The van der Waals surface area contributed by atoms with Crippen molar-refractivity contribution >= 4 is 16.8 Å². The molecular weight excluding hydrogens is 515 g/mol. The monoisotopic (exact) mass is 562 g/mol. The van der Waals surface area contributed by atoms with Gasteiger partial charge in [-0.1, -0.05) is 64.0 Å². The third kappa shape index (κ3) is 8.48. The van der Waals surface area contributed by atoms with Gasteiger partial charge >= 0.3 is 0 Å². The van der Waals surface area contributed by atoms with Crippen molar-refractivity contribution in [1.82, 2.24) is 19.4 Å². The van der Waals surface area contributed by atoms with Gasteiger partial charge in [-0.2, -0.15) is 0 Å². The zero-order valence-corrected chi connectivity index (χ0v) is 25.0. The molecule has 1 aliphatic heterocycles. The first kappa shape index (κ1) is 30.9. The van der Waals surface area contributed by atoms with Gasteiger partial charge < -0.3 is 9.80 Å². The third-order valence-corrected chi connectivity index (χ3v) is 8.36. The number of halogens is 1. The SMILES string of the molecule is CCCCCCCCCC(=O)N(CCCN1CCCCC1)C(C)c1nc2ccccc2c(=O)n1-c1ccc(F)cc1. The molecule has 0 saturated carbocycles. The fourth-order valence-corrected chi connectivity index (χ4v) is 5.97. The number of nitrogens with zero attached hydrogens (tertiary/aromatic N) is 4. The fourth-order valence-electron chi connectivity index (χ4n) is 5.97. The summed E-state index contributed by atoms with van der Waals surface area (Å²) in [5, 5.41) is 0.499. The first-order valence-electron chi connectivity index (χ1n) is 15.8. The molecule has 222 valence electrons. The Kier molecular flexibility index (Phi) is 11.9. The van der Waals surface area contributed by atoms with Crippen LogP contribution in [-0.4, -0.2) is 51.4 Å². The van der Waals surface area contributed by atoms with Gasteiger partial charge in [0, 0.05) is 13.0 Å². The number of hydrogen-bond acceptors (Lipinski definition) is 4. The number of amides is 1. The number of aromatic nitrogens is 2. The second kappa shape index (κ2) is 15.8. The van der Waals surface area contributed by atoms with Gasteiger partial charge in [0.2, 0.25) is 5.91 Å². The predicted octanol–water partition coefficient (Wildman–Crippen LogP) is 7.43. The van der Waals surface area contributed by atoms with E-state index in [4.69, 9.17) is 4.98 Å². The molecule has 0 radical (unpaired) electrons. The van der Waals surface area contributed by atoms with Crippen molar-refractivity contribution in [3.63, 3.8) is 0 Å². The van der Waals surface area contributed by atoms with Crippen LogP contribution in [0.1, 0.15) is 103 Å². The smallest absolute Gasteiger partial charge is 0.266 e. The molecule has 4 rings (SSSR count). The van der Waals surface area contributed by atoms with E-state index in [1.165, 1.54) is 57.1 Å². The van der Waals surface area contributed by atoms with Gasteiger partial charge in [0.25, 0.3) is 5.56 Å². The maximum Gasteiger partial charge on any atom is 0.266 e. The molecular formula is C34H47FN4O2. The highest BCUT2D eigenvalue weighted by atomic mass is 19.1. The van der Waals surface area contributed by atoms with Crippen LogP contribution in [0.4, 0.5) is 4.39 Å². The average Bonchev–Trinajstić information content (AvgIpc) is 2.99. The number of carbonyl (C=O) groups excluding carboxylic acids is 1. The van der Waals surface area contributed by atoms with Crippen molar-refractivity contribution < 1.29 is 9.18 Å². The van der Waals surface area contributed by atoms with E-state index in [1.54, 1.807) is 22.8 Å². The normalized spacial score (nSPS) is 14.8. The molecule has 1 saturated heterocycles. The Morgan fingerprint density at radius 2 is 1.61 bits per heavy atom. The Labute approximate surface area is 244 Å². The van der Waals surface area contributed by atoms with Crippen molar-refractivity contribution in [2.45, 2.75) is 96.9 Å². The summed E-state index contributed by atoms with van der Waals surface area (Å²) in [5.41, 5.74) is 0.937. The summed E-state index contributed by atoms with van der Waals surface area (Å²) in [7, 11) is 0. The fraction of sp³-hybridized carbons (Fsp3) is 0.559. The van der Waals surface area contributed by atoms with E-state index in [9.17, 15) is 14.0 Å². The highest BCUT2D eigenvalue weighted by Gasteiger charge is 2.27. The van der Waals surface area contributed by atoms with E-state index in [0.29, 0.717) is 35.4 Å². The van der Waals surface area contributed by atoms with Crippen LogP contribution < -0.4 is 5.56 Å². The van der Waals surface area contributed by atoms with Gasteiger partial charge in [-0.05, 0) is 88.6 Å². The molecule has 2 aromatic carbocycles. The van der Waals surface area contributed by atoms with E-state index in [2.05, 4.69) is 11.8 Å². The van der Waals surface area contributed by atoms with Gasteiger partial charge in [0.1, 0.15) is 11.6 Å². The maximum absolute atomic E-state index is 13.8. The van der Waals surface area contributed by atoms with Crippen molar-refractivity contribution in [2.75, 3.05) is 26.2 Å². The summed E-state index contributed by atoms with van der Waals surface area (Å²) in [6, 6.07) is 12.8. The highest BCUT2D eigenvalue weighted by Crippen LogP contribution is 2.25. The zero-order chi connectivity index (χ0) is 29.0. The van der Waals surface area contributed by atoms with Crippen molar-refractivity contribution in [3.05, 3.63) is 70.5 Å². The molecule has 0 aliphatic carbocycles. The number of unbranched alkanes of at least 4 members (excludes halogenated alkanes) is 6. The molecule has 0 bridgehead atoms. The van der Waals surface area contributed by atoms with E-state index in [1.807, 2.05) is 30.0 Å². The minimum absolute atomic E-state index is 0.109. The molecule has 1 atom stereocenters. The Bertz CT molecular complexity index is 1300. The van der Waals surface area contributed by atoms with Crippen LogP contribution >= 0.6 is 0 Å². The van der Waals surface area contributed by atoms with Crippen molar-refractivity contribution in [1.29, 1.82) is 0 Å². The van der Waals surface area contributed by atoms with E-state index < -0.39 is 6.04 Å². The van der Waals surface area contributed by atoms with Crippen molar-refractivity contribution in [3.8, 4) is 5.69 Å². The summed E-state index contributed by atoms with van der Waals surface area (Å²) in [6.45, 7) is 8.01. The van der Waals surface area contributed by atoms with E-state index in [-0.39, 0.29) is 17.3 Å². The zero-order valence-electron chi connectivity index (χ0n) is 25.0. The molecule has 3 aromatic rings. The topological polar surface area (TPSA) is 58.4 Å². The standard InChI is InChI=1S/C34H47FN4O2/c1-3-4-5-6-7-8-10-18-32(40)38(26-15-25-37-23-13-9-14-24-37)27(2)33-36-31-17-12-11-16-30(31)34(41)39(33)29-21-19-28(35)20-22-29/h11-12,16-17,19-22,27H,3-10,13-15,18,23-26H2,1-2H3. The van der Waals surface area contributed by atoms with Crippen LogP contribution in [0.3, 0.4) is 0 Å². The molecule has 1 amide bonds. The number of hydrogen-bond donors (Lipinski definition) is 0. The highest BCUT2D eigenvalue weighted by molar-refractivity contribution is 5.79. The summed E-state index contributed by atoms with van der Waals surface area (Å²) >= 11 is 0. The van der Waals surface area contributed by atoms with Crippen molar-refractivity contribution in [2.24, 2.45) is 0 Å². The molecule has 1 unspecified atom stereocenters. The molecule has 2 heterocycles. The van der Waals surface area contributed by atoms with Crippen LogP contribution in [0.5, 0.6) is 0 Å². The number of benzene rings is 2. The number of fused-ring (bicyclic) bond motifs is 1. The maximum atomic E-state index is 13.8. The summed E-state index contributed by atoms with van der Waals surface area (Å²) in [4.78, 5) is 36.9. The molecule has 41 heavy (non-hydrogen) atoms. The number of likely N-dealkylation sites (tertiary alicyclic amines) is 1. The Morgan fingerprint density at radius 1 is 0.927 bits per heavy atom. The van der Waals surface area contributed by atoms with Crippen LogP contribution in [0, 0.1) is 5.82 Å². The number of para-hydroxylation sites is 1. The van der Waals surface area contributed by atoms with Gasteiger partial charge in [0.05, 0.1) is 22.6 Å². The lowest BCUT2D eigenvalue weighted by Crippen LogP contribution is -2.39. The Morgan fingerprint density at radius 3 is 2.34 bits per heavy atom. The molecule has 6 nitrogen and oxygen atoms in total. The second-order valence-electron chi connectivity index (χ2n) is 11.5. The van der Waals surface area contributed by atoms with Gasteiger partial charge in [-0.25, -0.2) is 9.37 Å². The predicted molar refractivity (Wildman–Crippen MR) is 165 cm³/mol. The lowest BCUT2D eigenvalue weighted by atomic mass is 10.1. The van der Waals surface area contributed by atoms with Crippen LogP contribution in [-0.2, 0) is 4.79 Å². The average molecular weight is 563 g/mol. The minimum Gasteiger partial charge on any atom is -0.333 e. The van der Waals surface area contributed by atoms with Gasteiger partial charge in [-0.3, -0.25) is 14.2 Å². The quantitative estimate of drug-likeness (QED) is 0.181. The Hall–Kier alpha value is -3.06. The number of piperidine rings is 1. The third-order valence-electron chi connectivity index (χ3n) is 8.36. The van der Waals surface area contributed by atoms with E-state index in [0.717, 1.165) is 45.3 Å². The molecule has 1 aromatic heterocycles. The van der Waals surface area contributed by atoms with Crippen LogP contribution in [0.25, 0.3) is 16.6 Å². The first-order valence-corrected chi connectivity index (χ1v) is 15.8. The lowest BCUT2D eigenvalue weighted by Gasteiger charge is -2.32. The second-order valence-corrected chi connectivity index (χ2v) is 11.5. The van der Waals surface area contributed by atoms with Gasteiger partial charge in [-0.15, -0.1) is 0 Å². The first-order chi connectivity index (χ1) is 20.0. The van der Waals surface area contributed by atoms with Gasteiger partial charge in [0.15, 0.2) is 0 Å².